The van der Waals surface area contributed by atoms with E-state index in [1.54, 1.807) is 0 Å². The van der Waals surface area contributed by atoms with Crippen molar-refractivity contribution in [2.45, 2.75) is 26.2 Å². The van der Waals surface area contributed by atoms with Gasteiger partial charge in [-0.1, -0.05) is 38.1 Å². The smallest absolute Gasteiger partial charge is 0.0671 e. The van der Waals surface area contributed by atoms with E-state index in [9.17, 15) is 0 Å². The maximum Gasteiger partial charge on any atom is 0.0671 e. The highest BCUT2D eigenvalue weighted by Crippen LogP contribution is 2.43. The summed E-state index contributed by atoms with van der Waals surface area (Å²) in [6, 6.07) is 15.3. The molecule has 0 radical (unpaired) electrons. The molecule has 0 unspecified atom stereocenters. The predicted molar refractivity (Wildman–Crippen MR) is 93.1 cm³/mol. The van der Waals surface area contributed by atoms with Crippen LogP contribution >= 0.6 is 11.3 Å². The van der Waals surface area contributed by atoms with Gasteiger partial charge in [0.25, 0.3) is 0 Å². The molecule has 21 heavy (non-hydrogen) atoms. The second kappa shape index (κ2) is 4.28. The topological polar surface area (TPSA) is 12.4 Å². The predicted octanol–water partition coefficient (Wildman–Crippen LogP) is 5.95. The van der Waals surface area contributed by atoms with Crippen molar-refractivity contribution < 1.29 is 0 Å². The molecule has 2 heterocycles. The van der Waals surface area contributed by atoms with Crippen molar-refractivity contribution in [3.8, 4) is 11.1 Å². The van der Waals surface area contributed by atoms with E-state index in [2.05, 4.69) is 68.6 Å². The van der Waals surface area contributed by atoms with Crippen LogP contribution in [0.1, 0.15) is 26.3 Å². The number of fused-ring (bicyclic) bond motifs is 2. The van der Waals surface area contributed by atoms with Gasteiger partial charge in [0.15, 0.2) is 0 Å². The minimum absolute atomic E-state index is 0.0389. The van der Waals surface area contributed by atoms with Crippen LogP contribution < -0.4 is 0 Å². The molecule has 4 rings (SSSR count). The molecule has 0 saturated heterocycles. The highest BCUT2D eigenvalue weighted by molar-refractivity contribution is 7.17. The van der Waals surface area contributed by atoms with Crippen LogP contribution in [-0.2, 0) is 5.41 Å². The third-order valence-electron chi connectivity index (χ3n) is 4.65. The fraction of sp³-hybridized carbons (Fsp3) is 0.211. The molecular weight excluding hydrogens is 274 g/mol. The first kappa shape index (κ1) is 12.8. The Labute approximate surface area is 129 Å². The summed E-state index contributed by atoms with van der Waals surface area (Å²) in [6.07, 6.45) is 0. The third kappa shape index (κ3) is 1.79. The molecule has 1 aliphatic rings. The Bertz CT molecular complexity index is 883. The van der Waals surface area contributed by atoms with Gasteiger partial charge in [0, 0.05) is 26.8 Å². The number of benzene rings is 2. The molecule has 1 aromatic heterocycles. The summed E-state index contributed by atoms with van der Waals surface area (Å²) in [5, 5.41) is 3.61. The van der Waals surface area contributed by atoms with Gasteiger partial charge in [0.05, 0.1) is 5.69 Å². The van der Waals surface area contributed by atoms with Crippen LogP contribution in [0.15, 0.2) is 52.8 Å². The number of rotatable bonds is 1. The lowest BCUT2D eigenvalue weighted by atomic mass is 9.81. The summed E-state index contributed by atoms with van der Waals surface area (Å²) in [5.41, 5.74) is 6.33. The second-order valence-corrected chi connectivity index (χ2v) is 7.11. The van der Waals surface area contributed by atoms with Gasteiger partial charge < -0.3 is 0 Å². The van der Waals surface area contributed by atoms with Crippen LogP contribution in [0.3, 0.4) is 0 Å². The van der Waals surface area contributed by atoms with Gasteiger partial charge >= 0.3 is 0 Å². The van der Waals surface area contributed by atoms with Crippen LogP contribution in [0.4, 0.5) is 5.69 Å². The van der Waals surface area contributed by atoms with E-state index in [1.807, 2.05) is 11.3 Å². The van der Waals surface area contributed by atoms with Crippen molar-refractivity contribution in [3.63, 3.8) is 0 Å². The van der Waals surface area contributed by atoms with Crippen molar-refractivity contribution in [1.82, 2.24) is 0 Å². The van der Waals surface area contributed by atoms with Crippen molar-refractivity contribution >= 4 is 32.8 Å². The van der Waals surface area contributed by atoms with E-state index in [4.69, 9.17) is 4.99 Å². The van der Waals surface area contributed by atoms with E-state index in [0.29, 0.717) is 0 Å². The van der Waals surface area contributed by atoms with Gasteiger partial charge in [-0.3, -0.25) is 4.99 Å². The zero-order valence-electron chi connectivity index (χ0n) is 12.5. The third-order valence-corrected chi connectivity index (χ3v) is 5.62. The molecule has 2 aromatic carbocycles. The molecule has 0 aliphatic carbocycles. The summed E-state index contributed by atoms with van der Waals surface area (Å²) < 4.78 is 1.35. The van der Waals surface area contributed by atoms with Crippen molar-refractivity contribution in [1.29, 1.82) is 0 Å². The van der Waals surface area contributed by atoms with Crippen LogP contribution in [-0.4, -0.2) is 5.71 Å². The first-order valence-electron chi connectivity index (χ1n) is 7.24. The SMILES string of the molecule is CC1=Nc2ccc(-c3csc4ccccc34)cc2C1(C)C. The summed E-state index contributed by atoms with van der Waals surface area (Å²) in [7, 11) is 0. The Morgan fingerprint density at radius 2 is 1.86 bits per heavy atom. The Morgan fingerprint density at radius 3 is 2.71 bits per heavy atom. The molecule has 0 fully saturated rings. The first-order valence-corrected chi connectivity index (χ1v) is 8.12. The van der Waals surface area contributed by atoms with Crippen LogP contribution in [0.5, 0.6) is 0 Å². The lowest BCUT2D eigenvalue weighted by Crippen LogP contribution is -2.22. The molecule has 1 nitrogen and oxygen atoms in total. The zero-order valence-corrected chi connectivity index (χ0v) is 13.3. The molecule has 1 aliphatic heterocycles. The van der Waals surface area contributed by atoms with E-state index in [-0.39, 0.29) is 5.41 Å². The number of aliphatic imine (C=N–C) groups is 1. The lowest BCUT2D eigenvalue weighted by molar-refractivity contribution is 0.733. The molecule has 104 valence electrons. The number of hydrogen-bond donors (Lipinski definition) is 0. The average molecular weight is 291 g/mol. The standard InChI is InChI=1S/C19H17NS/c1-12-19(2,3)16-10-13(8-9-17(16)20-12)15-11-21-18-7-5-4-6-14(15)18/h4-11H,1-3H3. The highest BCUT2D eigenvalue weighted by Gasteiger charge is 2.32. The van der Waals surface area contributed by atoms with E-state index in [1.165, 1.54) is 32.5 Å². The van der Waals surface area contributed by atoms with Gasteiger partial charge in [-0.2, -0.15) is 0 Å². The lowest BCUT2D eigenvalue weighted by Gasteiger charge is -2.20. The molecule has 2 heteroatoms. The molecule has 0 amide bonds. The largest absolute Gasteiger partial charge is 0.257 e. The molecule has 0 bridgehead atoms. The second-order valence-electron chi connectivity index (χ2n) is 6.20. The quantitative estimate of drug-likeness (QED) is 0.525. The summed E-state index contributed by atoms with van der Waals surface area (Å²) in [5.74, 6) is 0. The maximum absolute atomic E-state index is 4.71. The monoisotopic (exact) mass is 291 g/mol. The summed E-state index contributed by atoms with van der Waals surface area (Å²) in [6.45, 7) is 6.64. The first-order chi connectivity index (χ1) is 10.1. The highest BCUT2D eigenvalue weighted by atomic mass is 32.1. The number of nitrogens with zero attached hydrogens (tertiary/aromatic N) is 1. The number of thiophene rings is 1. The fourth-order valence-electron chi connectivity index (χ4n) is 3.02. The van der Waals surface area contributed by atoms with Gasteiger partial charge in [0.1, 0.15) is 0 Å². The minimum Gasteiger partial charge on any atom is -0.257 e. The fourth-order valence-corrected chi connectivity index (χ4v) is 3.99. The van der Waals surface area contributed by atoms with E-state index in [0.717, 1.165) is 5.69 Å². The van der Waals surface area contributed by atoms with Gasteiger partial charge in [-0.25, -0.2) is 0 Å². The Hall–Kier alpha value is -1.93. The van der Waals surface area contributed by atoms with Gasteiger partial charge in [-0.15, -0.1) is 11.3 Å². The van der Waals surface area contributed by atoms with Crippen LogP contribution in [0.2, 0.25) is 0 Å². The zero-order chi connectivity index (χ0) is 14.6. The minimum atomic E-state index is 0.0389. The molecular formula is C19H17NS. The van der Waals surface area contributed by atoms with Gasteiger partial charge in [0.2, 0.25) is 0 Å². The van der Waals surface area contributed by atoms with Gasteiger partial charge in [-0.05, 0) is 41.6 Å². The van der Waals surface area contributed by atoms with E-state index < -0.39 is 0 Å². The van der Waals surface area contributed by atoms with E-state index >= 15 is 0 Å². The molecule has 0 spiro atoms. The molecule has 0 N–H and O–H groups in total. The van der Waals surface area contributed by atoms with Crippen molar-refractivity contribution in [2.24, 2.45) is 4.99 Å². The molecule has 0 atom stereocenters. The van der Waals surface area contributed by atoms with Crippen molar-refractivity contribution in [3.05, 3.63) is 53.4 Å². The molecule has 0 saturated carbocycles. The maximum atomic E-state index is 4.71. The summed E-state index contributed by atoms with van der Waals surface area (Å²) >= 11 is 1.81. The molecule has 3 aromatic rings. The Balaban J connectivity index is 1.92. The van der Waals surface area contributed by atoms with Crippen LogP contribution in [0.25, 0.3) is 21.2 Å². The Kier molecular flexibility index (Phi) is 2.61. The normalized spacial score (nSPS) is 16.0. The van der Waals surface area contributed by atoms with Crippen molar-refractivity contribution in [2.75, 3.05) is 0 Å². The Morgan fingerprint density at radius 1 is 1.05 bits per heavy atom. The summed E-state index contributed by atoms with van der Waals surface area (Å²) in [4.78, 5) is 4.71. The average Bonchev–Trinajstić information content (AvgIpc) is 2.99. The number of hydrogen-bond acceptors (Lipinski definition) is 2. The van der Waals surface area contributed by atoms with Crippen LogP contribution in [0, 0.1) is 0 Å².